The van der Waals surface area contributed by atoms with Crippen molar-refractivity contribution in [2.24, 2.45) is 0 Å². The fraction of sp³-hybridized carbons (Fsp3) is 0.571. The zero-order valence-electron chi connectivity index (χ0n) is 12.3. The van der Waals surface area contributed by atoms with E-state index in [9.17, 15) is 18.0 Å². The molecule has 2 heterocycles. The van der Waals surface area contributed by atoms with E-state index >= 15 is 0 Å². The number of methoxy groups -OCH3 is 1. The molecule has 0 saturated carbocycles. The Hall–Kier alpha value is -1.67. The molecule has 2 rings (SSSR count). The highest BCUT2D eigenvalue weighted by atomic mass is 19.4. The molecule has 1 aromatic heterocycles. The van der Waals surface area contributed by atoms with Gasteiger partial charge in [0, 0.05) is 20.2 Å². The van der Waals surface area contributed by atoms with Crippen molar-refractivity contribution in [3.63, 3.8) is 0 Å². The molecule has 0 amide bonds. The first-order valence-electron chi connectivity index (χ1n) is 6.77. The molecule has 0 bridgehead atoms. The zero-order chi connectivity index (χ0) is 16.3. The molecule has 1 aliphatic heterocycles. The van der Waals surface area contributed by atoms with Gasteiger partial charge in [-0.2, -0.15) is 13.2 Å². The molecule has 122 valence electrons. The minimum atomic E-state index is -4.55. The fourth-order valence-electron chi connectivity index (χ4n) is 2.32. The van der Waals surface area contributed by atoms with Crippen molar-refractivity contribution >= 4 is 11.6 Å². The SMILES string of the molecule is COCC1CN(c2nc(C(F)(F)F)ccc2C(C)=O)CCO1. The Kier molecular flexibility index (Phi) is 5.02. The van der Waals surface area contributed by atoms with Crippen LogP contribution in [0, 0.1) is 0 Å². The summed E-state index contributed by atoms with van der Waals surface area (Å²) in [5.41, 5.74) is -0.839. The van der Waals surface area contributed by atoms with Gasteiger partial charge in [-0.1, -0.05) is 0 Å². The predicted octanol–water partition coefficient (Wildman–Crippen LogP) is 2.15. The number of alkyl halides is 3. The van der Waals surface area contributed by atoms with Crippen molar-refractivity contribution in [3.8, 4) is 0 Å². The van der Waals surface area contributed by atoms with Gasteiger partial charge in [-0.15, -0.1) is 0 Å². The minimum Gasteiger partial charge on any atom is -0.382 e. The van der Waals surface area contributed by atoms with E-state index in [0.29, 0.717) is 26.3 Å². The largest absolute Gasteiger partial charge is 0.433 e. The first-order chi connectivity index (χ1) is 10.3. The summed E-state index contributed by atoms with van der Waals surface area (Å²) in [6.07, 6.45) is -4.82. The van der Waals surface area contributed by atoms with E-state index < -0.39 is 11.9 Å². The third-order valence-corrected chi connectivity index (χ3v) is 3.34. The van der Waals surface area contributed by atoms with Crippen molar-refractivity contribution in [3.05, 3.63) is 23.4 Å². The summed E-state index contributed by atoms with van der Waals surface area (Å²) in [5.74, 6) is -0.280. The Morgan fingerprint density at radius 1 is 1.50 bits per heavy atom. The van der Waals surface area contributed by atoms with Gasteiger partial charge in [0.25, 0.3) is 0 Å². The van der Waals surface area contributed by atoms with Crippen LogP contribution in [0.25, 0.3) is 0 Å². The highest BCUT2D eigenvalue weighted by Crippen LogP contribution is 2.31. The van der Waals surface area contributed by atoms with Crippen LogP contribution in [-0.2, 0) is 15.7 Å². The summed E-state index contributed by atoms with van der Waals surface area (Å²) in [4.78, 5) is 17.0. The van der Waals surface area contributed by atoms with Crippen LogP contribution in [0.15, 0.2) is 12.1 Å². The number of aromatic nitrogens is 1. The maximum absolute atomic E-state index is 12.9. The van der Waals surface area contributed by atoms with Crippen LogP contribution < -0.4 is 4.90 Å². The van der Waals surface area contributed by atoms with Gasteiger partial charge in [-0.3, -0.25) is 4.79 Å². The predicted molar refractivity (Wildman–Crippen MR) is 73.1 cm³/mol. The first-order valence-corrected chi connectivity index (χ1v) is 6.77. The quantitative estimate of drug-likeness (QED) is 0.796. The molecule has 0 radical (unpaired) electrons. The van der Waals surface area contributed by atoms with E-state index in [2.05, 4.69) is 4.98 Å². The number of Topliss-reactive ketones (excluding diaryl/α,β-unsaturated/α-hetero) is 1. The van der Waals surface area contributed by atoms with Crippen molar-refractivity contribution in [2.45, 2.75) is 19.2 Å². The summed E-state index contributed by atoms with van der Waals surface area (Å²) in [5, 5.41) is 0. The highest BCUT2D eigenvalue weighted by Gasteiger charge is 2.34. The van der Waals surface area contributed by atoms with Crippen molar-refractivity contribution < 1.29 is 27.4 Å². The van der Waals surface area contributed by atoms with E-state index in [0.717, 1.165) is 6.07 Å². The van der Waals surface area contributed by atoms with Gasteiger partial charge in [-0.05, 0) is 19.1 Å². The Bertz CT molecular complexity index is 547. The van der Waals surface area contributed by atoms with Crippen LogP contribution in [-0.4, -0.2) is 50.3 Å². The molecule has 1 aromatic rings. The van der Waals surface area contributed by atoms with Crippen LogP contribution in [0.5, 0.6) is 0 Å². The molecular formula is C14H17F3N2O3. The Morgan fingerprint density at radius 2 is 2.23 bits per heavy atom. The number of hydrogen-bond donors (Lipinski definition) is 0. The van der Waals surface area contributed by atoms with E-state index in [1.807, 2.05) is 0 Å². The van der Waals surface area contributed by atoms with E-state index in [1.165, 1.54) is 20.1 Å². The molecule has 0 N–H and O–H groups in total. The van der Waals surface area contributed by atoms with E-state index in [1.54, 1.807) is 4.90 Å². The molecule has 1 aliphatic rings. The van der Waals surface area contributed by atoms with Crippen LogP contribution in [0.2, 0.25) is 0 Å². The molecule has 1 fully saturated rings. The molecule has 1 saturated heterocycles. The molecular weight excluding hydrogens is 301 g/mol. The summed E-state index contributed by atoms with van der Waals surface area (Å²) in [6, 6.07) is 2.00. The van der Waals surface area contributed by atoms with Crippen LogP contribution in [0.1, 0.15) is 23.0 Å². The normalized spacial score (nSPS) is 19.3. The molecule has 5 nitrogen and oxygen atoms in total. The highest BCUT2D eigenvalue weighted by molar-refractivity contribution is 5.98. The lowest BCUT2D eigenvalue weighted by molar-refractivity contribution is -0.141. The molecule has 1 atom stereocenters. The van der Waals surface area contributed by atoms with Crippen molar-refractivity contribution in [1.82, 2.24) is 4.98 Å². The third-order valence-electron chi connectivity index (χ3n) is 3.34. The Balaban J connectivity index is 2.36. The lowest BCUT2D eigenvalue weighted by Crippen LogP contribution is -2.45. The Morgan fingerprint density at radius 3 is 2.82 bits per heavy atom. The number of pyridine rings is 1. The summed E-state index contributed by atoms with van der Waals surface area (Å²) in [7, 11) is 1.52. The third kappa shape index (κ3) is 3.75. The maximum Gasteiger partial charge on any atom is 0.433 e. The number of ketones is 1. The molecule has 1 unspecified atom stereocenters. The number of halogens is 3. The average molecular weight is 318 g/mol. The van der Waals surface area contributed by atoms with E-state index in [4.69, 9.17) is 9.47 Å². The average Bonchev–Trinajstić information content (AvgIpc) is 2.46. The van der Waals surface area contributed by atoms with Crippen molar-refractivity contribution in [2.75, 3.05) is 38.3 Å². The number of hydrogen-bond acceptors (Lipinski definition) is 5. The number of morpholine rings is 1. The molecule has 8 heteroatoms. The fourth-order valence-corrected chi connectivity index (χ4v) is 2.32. The van der Waals surface area contributed by atoms with Crippen LogP contribution in [0.4, 0.5) is 19.0 Å². The summed E-state index contributed by atoms with van der Waals surface area (Å²) >= 11 is 0. The number of carbonyl (C=O) groups is 1. The first kappa shape index (κ1) is 16.7. The molecule has 0 spiro atoms. The van der Waals surface area contributed by atoms with E-state index in [-0.39, 0.29) is 23.3 Å². The van der Waals surface area contributed by atoms with Crippen LogP contribution >= 0.6 is 0 Å². The van der Waals surface area contributed by atoms with Gasteiger partial charge in [-0.25, -0.2) is 4.98 Å². The lowest BCUT2D eigenvalue weighted by atomic mass is 10.1. The molecule has 0 aliphatic carbocycles. The number of ether oxygens (including phenoxy) is 2. The summed E-state index contributed by atoms with van der Waals surface area (Å²) in [6.45, 7) is 2.66. The van der Waals surface area contributed by atoms with Crippen molar-refractivity contribution in [1.29, 1.82) is 0 Å². The topological polar surface area (TPSA) is 51.7 Å². The van der Waals surface area contributed by atoms with Gasteiger partial charge in [0.1, 0.15) is 11.5 Å². The number of anilines is 1. The Labute approximate surface area is 126 Å². The second-order valence-electron chi connectivity index (χ2n) is 5.02. The van der Waals surface area contributed by atoms with Gasteiger partial charge in [0.2, 0.25) is 0 Å². The monoisotopic (exact) mass is 318 g/mol. The van der Waals surface area contributed by atoms with Gasteiger partial charge in [0.15, 0.2) is 5.78 Å². The van der Waals surface area contributed by atoms with Gasteiger partial charge in [0.05, 0.1) is 24.9 Å². The van der Waals surface area contributed by atoms with Crippen LogP contribution in [0.3, 0.4) is 0 Å². The number of nitrogens with zero attached hydrogens (tertiary/aromatic N) is 2. The number of rotatable bonds is 4. The standard InChI is InChI=1S/C14H17F3N2O3/c1-9(20)11-3-4-12(14(15,16)17)18-13(11)19-5-6-22-10(7-19)8-21-2/h3-4,10H,5-8H2,1-2H3. The maximum atomic E-state index is 12.9. The lowest BCUT2D eigenvalue weighted by Gasteiger charge is -2.34. The smallest absolute Gasteiger partial charge is 0.382 e. The zero-order valence-corrected chi connectivity index (χ0v) is 12.3. The minimum absolute atomic E-state index is 0.0479. The second-order valence-corrected chi connectivity index (χ2v) is 5.02. The summed E-state index contributed by atoms with van der Waals surface area (Å²) < 4.78 is 49.0. The molecule has 0 aromatic carbocycles. The second kappa shape index (κ2) is 6.62. The van der Waals surface area contributed by atoms with Gasteiger partial charge < -0.3 is 14.4 Å². The molecule has 22 heavy (non-hydrogen) atoms. The van der Waals surface area contributed by atoms with Gasteiger partial charge >= 0.3 is 6.18 Å². The number of carbonyl (C=O) groups excluding carboxylic acids is 1.